The number of fused-ring (bicyclic) bond motifs is 1. The second-order valence-corrected chi connectivity index (χ2v) is 7.98. The zero-order chi connectivity index (χ0) is 27.7. The number of pyridine rings is 1. The Bertz CT molecular complexity index is 872. The number of rotatable bonds is 3. The van der Waals surface area contributed by atoms with Crippen LogP contribution in [0.4, 0.5) is 26.3 Å². The van der Waals surface area contributed by atoms with Crippen molar-refractivity contribution in [3.63, 3.8) is 0 Å². The van der Waals surface area contributed by atoms with Crippen LogP contribution in [0.5, 0.6) is 0 Å². The highest BCUT2D eigenvalue weighted by Crippen LogP contribution is 2.33. The molecule has 0 unspecified atom stereocenters. The van der Waals surface area contributed by atoms with Gasteiger partial charge in [-0.15, -0.1) is 0 Å². The minimum atomic E-state index is -5.08. The standard InChI is InChI=1S/C17H25N3O2.2C2HF3O2/c1-12-4-3-5-13(19-12)10-20-8-6-16-15(11-20)14(7-9-22-16)17(21)18-2;2*3-2(4,5)1(6)7/h3-5,14-16H,6-11H2,1-2H3,(H,18,21);2*(H,6,7)/t14-,15+,16-;;/m0../s1. The van der Waals surface area contributed by atoms with Gasteiger partial charge in [0.1, 0.15) is 0 Å². The number of likely N-dealkylation sites (tertiary alicyclic amines) is 1. The van der Waals surface area contributed by atoms with Crippen LogP contribution in [-0.4, -0.2) is 83.1 Å². The fourth-order valence-corrected chi connectivity index (χ4v) is 3.76. The van der Waals surface area contributed by atoms with Crippen LogP contribution < -0.4 is 5.32 Å². The summed E-state index contributed by atoms with van der Waals surface area (Å²) in [5.41, 5.74) is 2.16. The number of carboxylic acid groups (broad SMARTS) is 2. The van der Waals surface area contributed by atoms with E-state index in [2.05, 4.69) is 27.3 Å². The summed E-state index contributed by atoms with van der Waals surface area (Å²) in [6.07, 6.45) is -8.10. The van der Waals surface area contributed by atoms with Crippen LogP contribution in [0.25, 0.3) is 0 Å². The van der Waals surface area contributed by atoms with Crippen LogP contribution in [0.2, 0.25) is 0 Å². The molecule has 204 valence electrons. The third-order valence-corrected chi connectivity index (χ3v) is 5.35. The second-order valence-electron chi connectivity index (χ2n) is 7.98. The Kier molecular flexibility index (Phi) is 11.6. The number of piperidine rings is 1. The average molecular weight is 531 g/mol. The van der Waals surface area contributed by atoms with Crippen LogP contribution >= 0.6 is 0 Å². The van der Waals surface area contributed by atoms with Gasteiger partial charge < -0.3 is 20.3 Å². The number of carboxylic acids is 2. The second kappa shape index (κ2) is 13.4. The van der Waals surface area contributed by atoms with E-state index in [1.54, 1.807) is 7.05 Å². The molecular formula is C21H27F6N3O6. The van der Waals surface area contributed by atoms with Crippen molar-refractivity contribution in [1.82, 2.24) is 15.2 Å². The predicted octanol–water partition coefficient (Wildman–Crippen LogP) is 2.63. The molecule has 1 aromatic heterocycles. The molecule has 9 nitrogen and oxygen atoms in total. The van der Waals surface area contributed by atoms with E-state index in [1.807, 2.05) is 13.0 Å². The van der Waals surface area contributed by atoms with Crippen molar-refractivity contribution in [3.8, 4) is 0 Å². The van der Waals surface area contributed by atoms with Crippen LogP contribution in [0.1, 0.15) is 24.2 Å². The van der Waals surface area contributed by atoms with Gasteiger partial charge in [0.2, 0.25) is 5.91 Å². The first-order valence-corrected chi connectivity index (χ1v) is 10.6. The molecule has 0 aliphatic carbocycles. The van der Waals surface area contributed by atoms with Crippen LogP contribution in [0.15, 0.2) is 18.2 Å². The molecule has 0 aromatic carbocycles. The molecule has 36 heavy (non-hydrogen) atoms. The van der Waals surface area contributed by atoms with Gasteiger partial charge in [0, 0.05) is 50.8 Å². The largest absolute Gasteiger partial charge is 0.490 e. The van der Waals surface area contributed by atoms with Gasteiger partial charge in [0.15, 0.2) is 0 Å². The Balaban J connectivity index is 0.000000383. The van der Waals surface area contributed by atoms with E-state index >= 15 is 0 Å². The Morgan fingerprint density at radius 1 is 1.08 bits per heavy atom. The van der Waals surface area contributed by atoms with Crippen molar-refractivity contribution in [3.05, 3.63) is 29.6 Å². The maximum absolute atomic E-state index is 12.1. The van der Waals surface area contributed by atoms with Gasteiger partial charge in [-0.1, -0.05) is 6.07 Å². The molecule has 3 N–H and O–H groups in total. The molecule has 1 aromatic rings. The number of nitrogens with one attached hydrogen (secondary N) is 1. The van der Waals surface area contributed by atoms with E-state index in [1.165, 1.54) is 0 Å². The Hall–Kier alpha value is -2.94. The Labute approximate surface area is 202 Å². The summed E-state index contributed by atoms with van der Waals surface area (Å²) in [5, 5.41) is 17.1. The highest BCUT2D eigenvalue weighted by atomic mass is 19.4. The van der Waals surface area contributed by atoms with E-state index in [9.17, 15) is 31.1 Å². The van der Waals surface area contributed by atoms with Gasteiger partial charge in [-0.2, -0.15) is 26.3 Å². The maximum Gasteiger partial charge on any atom is 0.490 e. The van der Waals surface area contributed by atoms with Gasteiger partial charge >= 0.3 is 24.3 Å². The molecule has 2 aliphatic heterocycles. The summed E-state index contributed by atoms with van der Waals surface area (Å²) in [6.45, 7) is 5.51. The van der Waals surface area contributed by atoms with Crippen molar-refractivity contribution in [2.75, 3.05) is 26.7 Å². The van der Waals surface area contributed by atoms with E-state index in [0.717, 1.165) is 43.9 Å². The highest BCUT2D eigenvalue weighted by molar-refractivity contribution is 5.78. The van der Waals surface area contributed by atoms with E-state index in [4.69, 9.17) is 24.5 Å². The van der Waals surface area contributed by atoms with Crippen LogP contribution in [0, 0.1) is 18.8 Å². The third-order valence-electron chi connectivity index (χ3n) is 5.35. The van der Waals surface area contributed by atoms with Crippen molar-refractivity contribution in [2.45, 2.75) is 44.8 Å². The number of nitrogens with zero attached hydrogens (tertiary/aromatic N) is 2. The summed E-state index contributed by atoms with van der Waals surface area (Å²) < 4.78 is 69.4. The first-order valence-electron chi connectivity index (χ1n) is 10.6. The number of halogens is 6. The van der Waals surface area contributed by atoms with Gasteiger partial charge in [-0.25, -0.2) is 9.59 Å². The number of hydrogen-bond acceptors (Lipinski definition) is 6. The fraction of sp³-hybridized carbons (Fsp3) is 0.619. The number of aromatic nitrogens is 1. The highest BCUT2D eigenvalue weighted by Gasteiger charge is 2.41. The number of carbonyl (C=O) groups excluding carboxylic acids is 1. The summed E-state index contributed by atoms with van der Waals surface area (Å²) >= 11 is 0. The quantitative estimate of drug-likeness (QED) is 0.508. The molecule has 3 atom stereocenters. The van der Waals surface area contributed by atoms with E-state index in [-0.39, 0.29) is 17.9 Å². The number of carbonyl (C=O) groups is 3. The smallest absolute Gasteiger partial charge is 0.475 e. The normalized spacial score (nSPS) is 22.1. The molecule has 3 heterocycles. The molecule has 15 heteroatoms. The molecule has 3 rings (SSSR count). The monoisotopic (exact) mass is 531 g/mol. The molecule has 2 fully saturated rings. The zero-order valence-electron chi connectivity index (χ0n) is 19.4. The van der Waals surface area contributed by atoms with Crippen molar-refractivity contribution in [2.24, 2.45) is 11.8 Å². The molecule has 0 radical (unpaired) electrons. The summed E-state index contributed by atoms with van der Waals surface area (Å²) in [5.74, 6) is -4.97. The number of amides is 1. The molecular weight excluding hydrogens is 504 g/mol. The van der Waals surface area contributed by atoms with Crippen molar-refractivity contribution >= 4 is 17.8 Å². The molecule has 0 spiro atoms. The van der Waals surface area contributed by atoms with Crippen LogP contribution in [0.3, 0.4) is 0 Å². The lowest BCUT2D eigenvalue weighted by Gasteiger charge is -2.44. The fourth-order valence-electron chi connectivity index (χ4n) is 3.76. The van der Waals surface area contributed by atoms with Gasteiger partial charge in [0.25, 0.3) is 0 Å². The molecule has 2 aliphatic rings. The molecule has 0 bridgehead atoms. The van der Waals surface area contributed by atoms with Gasteiger partial charge in [0.05, 0.1) is 11.8 Å². The van der Waals surface area contributed by atoms with Gasteiger partial charge in [-0.3, -0.25) is 14.7 Å². The number of alkyl halides is 6. The number of hydrogen-bond donors (Lipinski definition) is 3. The lowest BCUT2D eigenvalue weighted by molar-refractivity contribution is -0.193. The molecule has 0 saturated carbocycles. The van der Waals surface area contributed by atoms with Crippen LogP contribution in [-0.2, 0) is 25.7 Å². The first-order chi connectivity index (χ1) is 16.6. The maximum atomic E-state index is 12.1. The molecule has 1 amide bonds. The van der Waals surface area contributed by atoms with Crippen molar-refractivity contribution < 1.29 is 55.7 Å². The third kappa shape index (κ3) is 10.4. The predicted molar refractivity (Wildman–Crippen MR) is 112 cm³/mol. The molecule has 2 saturated heterocycles. The Morgan fingerprint density at radius 3 is 2.11 bits per heavy atom. The van der Waals surface area contributed by atoms with Crippen molar-refractivity contribution in [1.29, 1.82) is 0 Å². The SMILES string of the molecule is CNC(=O)[C@H]1CCO[C@H]2CCN(Cc3cccc(C)n3)C[C@@H]21.O=C(O)C(F)(F)F.O=C(O)C(F)(F)F. The lowest BCUT2D eigenvalue weighted by atomic mass is 9.79. The summed E-state index contributed by atoms with van der Waals surface area (Å²) in [7, 11) is 1.73. The van der Waals surface area contributed by atoms with E-state index < -0.39 is 24.3 Å². The topological polar surface area (TPSA) is 129 Å². The summed E-state index contributed by atoms with van der Waals surface area (Å²) in [6, 6.07) is 6.15. The minimum absolute atomic E-state index is 0.0806. The average Bonchev–Trinajstić information content (AvgIpc) is 2.77. The lowest BCUT2D eigenvalue weighted by Crippen LogP contribution is -2.52. The zero-order valence-corrected chi connectivity index (χ0v) is 19.4. The number of aryl methyl sites for hydroxylation is 1. The first kappa shape index (κ1) is 31.1. The Morgan fingerprint density at radius 2 is 1.64 bits per heavy atom. The number of aliphatic carboxylic acids is 2. The number of ether oxygens (including phenoxy) is 1. The summed E-state index contributed by atoms with van der Waals surface area (Å²) in [4.78, 5) is 36.9. The van der Waals surface area contributed by atoms with E-state index in [0.29, 0.717) is 12.5 Å². The minimum Gasteiger partial charge on any atom is -0.475 e. The van der Waals surface area contributed by atoms with Gasteiger partial charge in [-0.05, 0) is 31.9 Å².